The smallest absolute Gasteiger partial charge is 0.174 e. The van der Waals surface area contributed by atoms with Crippen LogP contribution in [0.25, 0.3) is 0 Å². The molecule has 0 saturated heterocycles. The third kappa shape index (κ3) is 4.07. The van der Waals surface area contributed by atoms with Gasteiger partial charge in [-0.3, -0.25) is 0 Å². The van der Waals surface area contributed by atoms with Gasteiger partial charge in [0.2, 0.25) is 0 Å². The van der Waals surface area contributed by atoms with Crippen molar-refractivity contribution >= 4 is 11.7 Å². The van der Waals surface area contributed by atoms with Crippen LogP contribution in [0.5, 0.6) is 0 Å². The number of hydrogen-bond acceptors (Lipinski definition) is 5. The summed E-state index contributed by atoms with van der Waals surface area (Å²) in [7, 11) is 1.94. The average Bonchev–Trinajstić information content (AvgIpc) is 3.26. The lowest BCUT2D eigenvalue weighted by molar-refractivity contribution is 0.131. The van der Waals surface area contributed by atoms with Crippen LogP contribution in [-0.4, -0.2) is 42.8 Å². The quantitative estimate of drug-likeness (QED) is 0.262. The summed E-state index contributed by atoms with van der Waals surface area (Å²) in [5.41, 5.74) is 8.31. The number of nitrogens with two attached hydrogens (primary N) is 1. The fourth-order valence-electron chi connectivity index (χ4n) is 2.30. The van der Waals surface area contributed by atoms with Crippen LogP contribution in [0.1, 0.15) is 29.7 Å². The SMILES string of the molecule is Cc1cc(C)c(/C(N)=N/O)c(N(C)CCOCC2CC2)n1. The molecule has 2 rings (SSSR count). The Kier molecular flexibility index (Phi) is 5.01. The van der Waals surface area contributed by atoms with E-state index in [1.54, 1.807) is 0 Å². The van der Waals surface area contributed by atoms with E-state index in [2.05, 4.69) is 10.1 Å². The van der Waals surface area contributed by atoms with Crippen molar-refractivity contribution < 1.29 is 9.94 Å². The van der Waals surface area contributed by atoms with E-state index >= 15 is 0 Å². The van der Waals surface area contributed by atoms with Crippen molar-refractivity contribution in [1.82, 2.24) is 4.98 Å². The predicted octanol–water partition coefficient (Wildman–Crippen LogP) is 1.66. The average molecular weight is 292 g/mol. The molecule has 6 nitrogen and oxygen atoms in total. The highest BCUT2D eigenvalue weighted by Crippen LogP contribution is 2.28. The van der Waals surface area contributed by atoms with Crippen LogP contribution >= 0.6 is 0 Å². The van der Waals surface area contributed by atoms with Crippen LogP contribution in [0, 0.1) is 19.8 Å². The molecule has 0 unspecified atom stereocenters. The molecule has 0 spiro atoms. The topological polar surface area (TPSA) is 84.0 Å². The molecule has 0 atom stereocenters. The Morgan fingerprint density at radius 1 is 1.52 bits per heavy atom. The normalized spacial score (nSPS) is 15.3. The lowest BCUT2D eigenvalue weighted by Gasteiger charge is -2.22. The van der Waals surface area contributed by atoms with Crippen molar-refractivity contribution in [2.75, 3.05) is 31.7 Å². The Bertz CT molecular complexity index is 527. The molecule has 0 aromatic carbocycles. The van der Waals surface area contributed by atoms with E-state index in [4.69, 9.17) is 15.7 Å². The molecule has 0 aliphatic heterocycles. The maximum Gasteiger partial charge on any atom is 0.174 e. The molecule has 3 N–H and O–H groups in total. The van der Waals surface area contributed by atoms with Gasteiger partial charge in [0.05, 0.1) is 12.2 Å². The maximum absolute atomic E-state index is 8.96. The number of aryl methyl sites for hydroxylation is 2. The summed E-state index contributed by atoms with van der Waals surface area (Å²) in [6.07, 6.45) is 2.59. The Morgan fingerprint density at radius 3 is 2.86 bits per heavy atom. The highest BCUT2D eigenvalue weighted by atomic mass is 16.5. The van der Waals surface area contributed by atoms with Crippen molar-refractivity contribution in [3.63, 3.8) is 0 Å². The molecule has 0 radical (unpaired) electrons. The van der Waals surface area contributed by atoms with Gasteiger partial charge in [-0.05, 0) is 44.2 Å². The summed E-state index contributed by atoms with van der Waals surface area (Å²) >= 11 is 0. The molecule has 1 aliphatic carbocycles. The molecule has 1 fully saturated rings. The summed E-state index contributed by atoms with van der Waals surface area (Å²) in [5, 5.41) is 12.1. The van der Waals surface area contributed by atoms with Gasteiger partial charge in [-0.1, -0.05) is 5.16 Å². The Hall–Kier alpha value is -1.82. The first-order valence-corrected chi connectivity index (χ1v) is 7.28. The first-order valence-electron chi connectivity index (χ1n) is 7.28. The lowest BCUT2D eigenvalue weighted by Crippen LogP contribution is -2.28. The van der Waals surface area contributed by atoms with Gasteiger partial charge in [0.15, 0.2) is 5.84 Å². The van der Waals surface area contributed by atoms with Crippen LogP contribution < -0.4 is 10.6 Å². The maximum atomic E-state index is 8.96. The third-order valence-corrected chi connectivity index (χ3v) is 3.67. The molecular weight excluding hydrogens is 268 g/mol. The number of amidine groups is 1. The summed E-state index contributed by atoms with van der Waals surface area (Å²) in [4.78, 5) is 6.51. The number of hydrogen-bond donors (Lipinski definition) is 2. The first-order chi connectivity index (χ1) is 10.0. The molecule has 1 heterocycles. The van der Waals surface area contributed by atoms with Crippen LogP contribution in [0.4, 0.5) is 5.82 Å². The number of nitrogens with zero attached hydrogens (tertiary/aromatic N) is 3. The van der Waals surface area contributed by atoms with Crippen LogP contribution in [-0.2, 0) is 4.74 Å². The summed E-state index contributed by atoms with van der Waals surface area (Å²) < 4.78 is 5.66. The molecule has 6 heteroatoms. The van der Waals surface area contributed by atoms with Crippen molar-refractivity contribution in [3.8, 4) is 0 Å². The second-order valence-electron chi connectivity index (χ2n) is 5.70. The number of oxime groups is 1. The van der Waals surface area contributed by atoms with E-state index in [9.17, 15) is 0 Å². The van der Waals surface area contributed by atoms with Crippen molar-refractivity contribution in [1.29, 1.82) is 0 Å². The number of anilines is 1. The number of rotatable bonds is 7. The molecule has 1 saturated carbocycles. The van der Waals surface area contributed by atoms with Crippen LogP contribution in [0.15, 0.2) is 11.2 Å². The van der Waals surface area contributed by atoms with Gasteiger partial charge in [0.25, 0.3) is 0 Å². The number of likely N-dealkylation sites (N-methyl/N-ethyl adjacent to an activating group) is 1. The van der Waals surface area contributed by atoms with Crippen LogP contribution in [0.2, 0.25) is 0 Å². The number of pyridine rings is 1. The molecule has 21 heavy (non-hydrogen) atoms. The van der Waals surface area contributed by atoms with Gasteiger partial charge in [0, 0.05) is 25.9 Å². The summed E-state index contributed by atoms with van der Waals surface area (Å²) in [5.74, 6) is 1.57. The van der Waals surface area contributed by atoms with Gasteiger partial charge in [-0.15, -0.1) is 0 Å². The Morgan fingerprint density at radius 2 is 2.24 bits per heavy atom. The second-order valence-corrected chi connectivity index (χ2v) is 5.70. The zero-order valence-electron chi connectivity index (χ0n) is 13.0. The second kappa shape index (κ2) is 6.76. The molecule has 1 aromatic heterocycles. The van der Waals surface area contributed by atoms with E-state index in [1.165, 1.54) is 12.8 Å². The fourth-order valence-corrected chi connectivity index (χ4v) is 2.30. The zero-order chi connectivity index (χ0) is 15.4. The van der Waals surface area contributed by atoms with Gasteiger partial charge in [-0.2, -0.15) is 0 Å². The largest absolute Gasteiger partial charge is 0.409 e. The van der Waals surface area contributed by atoms with Gasteiger partial charge < -0.3 is 20.6 Å². The Labute approximate surface area is 125 Å². The lowest BCUT2D eigenvalue weighted by atomic mass is 10.1. The molecule has 116 valence electrons. The van der Waals surface area contributed by atoms with Gasteiger partial charge >= 0.3 is 0 Å². The molecule has 1 aromatic rings. The van der Waals surface area contributed by atoms with E-state index in [0.717, 1.165) is 29.6 Å². The standard InChI is InChI=1S/C15H24N4O2/c1-10-8-11(2)17-15(13(10)14(16)18-20)19(3)6-7-21-9-12-4-5-12/h8,12,20H,4-7,9H2,1-3H3,(H2,16,18). The molecule has 0 bridgehead atoms. The van der Waals surface area contributed by atoms with Crippen molar-refractivity contribution in [2.24, 2.45) is 16.8 Å². The zero-order valence-corrected chi connectivity index (χ0v) is 13.0. The molecule has 0 amide bonds. The molecular formula is C15H24N4O2. The minimum absolute atomic E-state index is 0.0840. The highest BCUT2D eigenvalue weighted by molar-refractivity contribution is 6.02. The molecule has 1 aliphatic rings. The third-order valence-electron chi connectivity index (χ3n) is 3.67. The van der Waals surface area contributed by atoms with E-state index in [-0.39, 0.29) is 5.84 Å². The first kappa shape index (κ1) is 15.6. The Balaban J connectivity index is 2.08. The van der Waals surface area contributed by atoms with E-state index < -0.39 is 0 Å². The van der Waals surface area contributed by atoms with Crippen molar-refractivity contribution in [2.45, 2.75) is 26.7 Å². The number of ether oxygens (including phenoxy) is 1. The van der Waals surface area contributed by atoms with Gasteiger partial charge in [-0.25, -0.2) is 4.98 Å². The monoisotopic (exact) mass is 292 g/mol. The van der Waals surface area contributed by atoms with Gasteiger partial charge in [0.1, 0.15) is 5.82 Å². The fraction of sp³-hybridized carbons (Fsp3) is 0.600. The van der Waals surface area contributed by atoms with Crippen molar-refractivity contribution in [3.05, 3.63) is 22.9 Å². The van der Waals surface area contributed by atoms with E-state index in [0.29, 0.717) is 18.7 Å². The summed E-state index contributed by atoms with van der Waals surface area (Å²) in [6.45, 7) is 6.08. The highest BCUT2D eigenvalue weighted by Gasteiger charge is 2.21. The summed E-state index contributed by atoms with van der Waals surface area (Å²) in [6, 6.07) is 1.92. The minimum Gasteiger partial charge on any atom is -0.409 e. The number of aromatic nitrogens is 1. The predicted molar refractivity (Wildman–Crippen MR) is 83.0 cm³/mol. The minimum atomic E-state index is 0.0840. The van der Waals surface area contributed by atoms with Crippen LogP contribution in [0.3, 0.4) is 0 Å². The van der Waals surface area contributed by atoms with E-state index in [1.807, 2.05) is 31.9 Å².